The first kappa shape index (κ1) is 28.8. The number of alkyl halides is 3. The van der Waals surface area contributed by atoms with Gasteiger partial charge in [0.1, 0.15) is 10.9 Å². The number of benzene rings is 2. The summed E-state index contributed by atoms with van der Waals surface area (Å²) in [5.41, 5.74) is 0.200. The molecule has 2 aromatic carbocycles. The van der Waals surface area contributed by atoms with Crippen LogP contribution in [-0.4, -0.2) is 40.0 Å². The second kappa shape index (κ2) is 12.3. The Labute approximate surface area is 234 Å². The number of carbonyl (C=O) groups is 3. The number of hydrogen-bond donors (Lipinski definition) is 1. The van der Waals surface area contributed by atoms with E-state index in [1.807, 2.05) is 0 Å². The van der Waals surface area contributed by atoms with Gasteiger partial charge in [-0.05, 0) is 30.7 Å². The maximum absolute atomic E-state index is 13.6. The maximum atomic E-state index is 13.6. The molecule has 1 fully saturated rings. The van der Waals surface area contributed by atoms with Crippen molar-refractivity contribution in [3.63, 3.8) is 0 Å². The zero-order chi connectivity index (χ0) is 28.2. The quantitative estimate of drug-likeness (QED) is 0.196. The highest BCUT2D eigenvalue weighted by atomic mass is 32.2. The number of carbonyl (C=O) groups excluding carboxylic acids is 3. The third-order valence-corrected chi connectivity index (χ3v) is 7.96. The number of hydrogen-bond acceptors (Lipinski definition) is 5. The van der Waals surface area contributed by atoms with Crippen molar-refractivity contribution < 1.29 is 27.6 Å². The molecule has 0 spiro atoms. The highest BCUT2D eigenvalue weighted by Gasteiger charge is 2.42. The lowest BCUT2D eigenvalue weighted by Gasteiger charge is -2.17. The molecule has 206 valence electrons. The molecule has 2 aliphatic heterocycles. The lowest BCUT2D eigenvalue weighted by Crippen LogP contribution is -2.35. The van der Waals surface area contributed by atoms with Crippen LogP contribution in [0.2, 0.25) is 0 Å². The molecule has 6 nitrogen and oxygen atoms in total. The number of rotatable bonds is 10. The molecule has 2 heterocycles. The van der Waals surface area contributed by atoms with Gasteiger partial charge in [0, 0.05) is 17.8 Å². The number of unbranched alkanes of at least 4 members (excludes halogenated alkanes) is 5. The summed E-state index contributed by atoms with van der Waals surface area (Å²) in [6.07, 6.45) is 1.82. The minimum atomic E-state index is -4.55. The average Bonchev–Trinajstić information content (AvgIpc) is 3.32. The normalized spacial score (nSPS) is 17.3. The van der Waals surface area contributed by atoms with E-state index in [0.29, 0.717) is 22.1 Å². The van der Waals surface area contributed by atoms with Crippen LogP contribution in [0.5, 0.6) is 0 Å². The first-order valence-electron chi connectivity index (χ1n) is 12.8. The molecule has 0 radical (unpaired) electrons. The second-order valence-electron chi connectivity index (χ2n) is 9.33. The zero-order valence-electron chi connectivity index (χ0n) is 21.3. The predicted octanol–water partition coefficient (Wildman–Crippen LogP) is 6.62. The Hall–Kier alpha value is -3.18. The second-order valence-corrected chi connectivity index (χ2v) is 11.0. The number of nitrogens with one attached hydrogen (secondary N) is 1. The Morgan fingerprint density at radius 3 is 2.41 bits per heavy atom. The molecule has 0 atom stereocenters. The van der Waals surface area contributed by atoms with E-state index in [1.165, 1.54) is 28.4 Å². The van der Waals surface area contributed by atoms with E-state index in [2.05, 4.69) is 12.2 Å². The average molecular weight is 576 g/mol. The standard InChI is InChI=1S/C28H28F3N3O3S2/c1-2-3-4-5-6-9-15-33-26(37)24(39-27(33)38)23-20-13-7-8-14-21(20)34(25(23)36)17-22(35)32-19-12-10-11-18(16-19)28(29,30)31/h7-8,10-14,16H,2-6,9,15,17H2,1H3,(H,32,35)/b24-23-. The van der Waals surface area contributed by atoms with Gasteiger partial charge in [0.25, 0.3) is 11.8 Å². The summed E-state index contributed by atoms with van der Waals surface area (Å²) in [7, 11) is 0. The molecule has 39 heavy (non-hydrogen) atoms. The van der Waals surface area contributed by atoms with Crippen LogP contribution >= 0.6 is 24.0 Å². The van der Waals surface area contributed by atoms with E-state index < -0.39 is 30.1 Å². The third kappa shape index (κ3) is 6.52. The van der Waals surface area contributed by atoms with Crippen LogP contribution in [0.15, 0.2) is 53.4 Å². The monoisotopic (exact) mass is 575 g/mol. The Bertz CT molecular complexity index is 1330. The summed E-state index contributed by atoms with van der Waals surface area (Å²) in [6, 6.07) is 11.1. The van der Waals surface area contributed by atoms with Gasteiger partial charge in [0.2, 0.25) is 5.91 Å². The van der Waals surface area contributed by atoms with Crippen LogP contribution in [-0.2, 0) is 20.6 Å². The number of nitrogens with zero attached hydrogens (tertiary/aromatic N) is 2. The van der Waals surface area contributed by atoms with Gasteiger partial charge in [0.15, 0.2) is 0 Å². The maximum Gasteiger partial charge on any atom is 0.416 e. The van der Waals surface area contributed by atoms with Crippen LogP contribution in [0.3, 0.4) is 0 Å². The van der Waals surface area contributed by atoms with Crippen molar-refractivity contribution in [2.45, 2.75) is 51.6 Å². The van der Waals surface area contributed by atoms with E-state index in [0.717, 1.165) is 56.0 Å². The van der Waals surface area contributed by atoms with Gasteiger partial charge < -0.3 is 5.32 Å². The van der Waals surface area contributed by atoms with E-state index in [-0.39, 0.29) is 22.1 Å². The predicted molar refractivity (Wildman–Crippen MR) is 151 cm³/mol. The number of para-hydroxylation sites is 1. The Morgan fingerprint density at radius 1 is 0.949 bits per heavy atom. The summed E-state index contributed by atoms with van der Waals surface area (Å²) < 4.78 is 39.5. The summed E-state index contributed by atoms with van der Waals surface area (Å²) in [5, 5.41) is 2.43. The fourth-order valence-electron chi connectivity index (χ4n) is 4.57. The van der Waals surface area contributed by atoms with Crippen molar-refractivity contribution in [1.29, 1.82) is 0 Å². The van der Waals surface area contributed by atoms with Crippen molar-refractivity contribution in [3.8, 4) is 0 Å². The molecule has 0 aliphatic carbocycles. The Balaban J connectivity index is 1.50. The van der Waals surface area contributed by atoms with E-state index in [9.17, 15) is 27.6 Å². The summed E-state index contributed by atoms with van der Waals surface area (Å²) >= 11 is 6.54. The number of halogens is 3. The van der Waals surface area contributed by atoms with E-state index in [4.69, 9.17) is 12.2 Å². The van der Waals surface area contributed by atoms with Crippen molar-refractivity contribution >= 4 is 63.0 Å². The molecule has 2 aliphatic rings. The summed E-state index contributed by atoms with van der Waals surface area (Å²) in [5.74, 6) is -1.53. The molecular formula is C28H28F3N3O3S2. The molecule has 0 saturated carbocycles. The van der Waals surface area contributed by atoms with Crippen molar-refractivity contribution in [1.82, 2.24) is 4.90 Å². The molecular weight excluding hydrogens is 547 g/mol. The van der Waals surface area contributed by atoms with Gasteiger partial charge in [-0.15, -0.1) is 0 Å². The highest BCUT2D eigenvalue weighted by molar-refractivity contribution is 8.26. The Kier molecular flexibility index (Phi) is 9.12. The van der Waals surface area contributed by atoms with Gasteiger partial charge in [-0.1, -0.05) is 87.3 Å². The first-order valence-corrected chi connectivity index (χ1v) is 14.0. The van der Waals surface area contributed by atoms with Gasteiger partial charge in [-0.2, -0.15) is 13.2 Å². The largest absolute Gasteiger partial charge is 0.416 e. The summed E-state index contributed by atoms with van der Waals surface area (Å²) in [6.45, 7) is 2.19. The van der Waals surface area contributed by atoms with Crippen molar-refractivity contribution in [2.75, 3.05) is 23.3 Å². The minimum Gasteiger partial charge on any atom is -0.325 e. The van der Waals surface area contributed by atoms with Crippen LogP contribution < -0.4 is 10.2 Å². The number of amides is 3. The fraction of sp³-hybridized carbons (Fsp3) is 0.357. The van der Waals surface area contributed by atoms with Crippen LogP contribution in [0.4, 0.5) is 24.5 Å². The molecule has 1 saturated heterocycles. The van der Waals surface area contributed by atoms with Gasteiger partial charge in [0.05, 0.1) is 21.7 Å². The van der Waals surface area contributed by atoms with Crippen molar-refractivity contribution in [3.05, 3.63) is 64.6 Å². The molecule has 0 unspecified atom stereocenters. The molecule has 0 bridgehead atoms. The number of thioether (sulfide) groups is 1. The van der Waals surface area contributed by atoms with E-state index >= 15 is 0 Å². The van der Waals surface area contributed by atoms with E-state index in [1.54, 1.807) is 24.3 Å². The third-order valence-electron chi connectivity index (χ3n) is 6.51. The number of thiocarbonyl (C=S) groups is 1. The minimum absolute atomic E-state index is 0.0365. The summed E-state index contributed by atoms with van der Waals surface area (Å²) in [4.78, 5) is 42.7. The fourth-order valence-corrected chi connectivity index (χ4v) is 5.95. The topological polar surface area (TPSA) is 69.7 Å². The van der Waals surface area contributed by atoms with Crippen LogP contribution in [0.25, 0.3) is 5.57 Å². The Morgan fingerprint density at radius 2 is 1.67 bits per heavy atom. The molecule has 3 amide bonds. The smallest absolute Gasteiger partial charge is 0.325 e. The first-order chi connectivity index (χ1) is 18.6. The zero-order valence-corrected chi connectivity index (χ0v) is 23.0. The number of anilines is 2. The number of fused-ring (bicyclic) bond motifs is 1. The van der Waals surface area contributed by atoms with Crippen molar-refractivity contribution in [2.24, 2.45) is 0 Å². The van der Waals surface area contributed by atoms with Gasteiger partial charge in [-0.3, -0.25) is 24.2 Å². The highest BCUT2D eigenvalue weighted by Crippen LogP contribution is 2.44. The molecule has 2 aromatic rings. The molecule has 11 heteroatoms. The molecule has 1 N–H and O–H groups in total. The lowest BCUT2D eigenvalue weighted by atomic mass is 10.1. The molecule has 4 rings (SSSR count). The van der Waals surface area contributed by atoms with Crippen LogP contribution in [0, 0.1) is 0 Å². The van der Waals surface area contributed by atoms with Crippen LogP contribution in [0.1, 0.15) is 56.6 Å². The lowest BCUT2D eigenvalue weighted by molar-refractivity contribution is -0.137. The van der Waals surface area contributed by atoms with Gasteiger partial charge >= 0.3 is 6.18 Å². The van der Waals surface area contributed by atoms with Gasteiger partial charge in [-0.25, -0.2) is 0 Å². The molecule has 0 aromatic heterocycles. The SMILES string of the molecule is CCCCCCCCN1C(=O)/C(=C2/C(=O)N(CC(=O)Nc3cccc(C(F)(F)F)c3)c3ccccc32)SC1=S.